The van der Waals surface area contributed by atoms with Crippen molar-refractivity contribution < 1.29 is 33.6 Å². The number of methoxy groups -OCH3 is 3. The first-order chi connectivity index (χ1) is 15.3. The van der Waals surface area contributed by atoms with Crippen LogP contribution in [0.25, 0.3) is 0 Å². The van der Waals surface area contributed by atoms with Crippen LogP contribution < -0.4 is 14.2 Å². The van der Waals surface area contributed by atoms with E-state index in [0.717, 1.165) is 22.3 Å². The molecule has 32 heavy (non-hydrogen) atoms. The smallest absolute Gasteiger partial charge is 0.306 e. The van der Waals surface area contributed by atoms with E-state index in [2.05, 4.69) is 15.9 Å². The summed E-state index contributed by atoms with van der Waals surface area (Å²) in [5.41, 5.74) is 3.65. The molecule has 0 aliphatic heterocycles. The molecule has 2 aromatic carbocycles. The number of carboxylic acids is 1. The van der Waals surface area contributed by atoms with Crippen molar-refractivity contribution >= 4 is 27.9 Å². The normalized spacial score (nSPS) is 11.5. The van der Waals surface area contributed by atoms with Crippen molar-refractivity contribution in [2.24, 2.45) is 5.92 Å². The third kappa shape index (κ3) is 6.88. The quantitative estimate of drug-likeness (QED) is 0.332. The van der Waals surface area contributed by atoms with E-state index in [9.17, 15) is 14.7 Å². The van der Waals surface area contributed by atoms with E-state index in [1.807, 2.05) is 30.3 Å². The van der Waals surface area contributed by atoms with Crippen molar-refractivity contribution in [3.63, 3.8) is 0 Å². The van der Waals surface area contributed by atoms with Crippen LogP contribution >= 0.6 is 15.9 Å². The van der Waals surface area contributed by atoms with Gasteiger partial charge in [-0.2, -0.15) is 0 Å². The summed E-state index contributed by atoms with van der Waals surface area (Å²) in [6.45, 7) is 1.90. The average molecular weight is 509 g/mol. The number of esters is 1. The molecule has 0 bridgehead atoms. The summed E-state index contributed by atoms with van der Waals surface area (Å²) in [7, 11) is 4.52. The number of carbonyl (C=O) groups excluding carboxylic acids is 1. The van der Waals surface area contributed by atoms with Crippen LogP contribution in [0.4, 0.5) is 0 Å². The lowest BCUT2D eigenvalue weighted by Gasteiger charge is -2.18. The zero-order valence-corrected chi connectivity index (χ0v) is 20.4. The standard InChI is InChI=1S/C24H29BrO7/c1-15(24(27)28)9-17-11-22(21(30-3)12-18(17)13-25)32-14-19-10-20(29-2)7-5-16(19)6-8-23(26)31-4/h5,7,10-12,15H,6,8-9,13-14H2,1-4H3,(H,27,28). The Morgan fingerprint density at radius 1 is 0.969 bits per heavy atom. The molecule has 8 heteroatoms. The summed E-state index contributed by atoms with van der Waals surface area (Å²) < 4.78 is 21.7. The van der Waals surface area contributed by atoms with Crippen molar-refractivity contribution in [3.8, 4) is 17.2 Å². The van der Waals surface area contributed by atoms with Crippen molar-refractivity contribution in [2.45, 2.75) is 38.1 Å². The lowest BCUT2D eigenvalue weighted by Crippen LogP contribution is -2.13. The van der Waals surface area contributed by atoms with E-state index >= 15 is 0 Å². The van der Waals surface area contributed by atoms with Crippen LogP contribution in [0.2, 0.25) is 0 Å². The molecule has 1 unspecified atom stereocenters. The van der Waals surface area contributed by atoms with Gasteiger partial charge in [-0.05, 0) is 59.4 Å². The predicted molar refractivity (Wildman–Crippen MR) is 124 cm³/mol. The number of hydrogen-bond acceptors (Lipinski definition) is 6. The maximum atomic E-state index is 11.6. The Morgan fingerprint density at radius 3 is 2.28 bits per heavy atom. The van der Waals surface area contributed by atoms with Gasteiger partial charge in [0.15, 0.2) is 11.5 Å². The summed E-state index contributed by atoms with van der Waals surface area (Å²) in [5, 5.41) is 9.87. The van der Waals surface area contributed by atoms with E-state index in [4.69, 9.17) is 18.9 Å². The molecular formula is C24H29BrO7. The lowest BCUT2D eigenvalue weighted by atomic mass is 9.97. The Kier molecular flexibility index (Phi) is 9.84. The third-order valence-corrected chi connectivity index (χ3v) is 5.80. The molecule has 0 spiro atoms. The SMILES string of the molecule is COC(=O)CCc1ccc(OC)cc1COc1cc(CC(C)C(=O)O)c(CBr)cc1OC. The van der Waals surface area contributed by atoms with Gasteiger partial charge in [0.25, 0.3) is 0 Å². The highest BCUT2D eigenvalue weighted by Gasteiger charge is 2.18. The number of ether oxygens (including phenoxy) is 4. The summed E-state index contributed by atoms with van der Waals surface area (Å²) in [4.78, 5) is 22.9. The van der Waals surface area contributed by atoms with Crippen LogP contribution in [0.1, 0.15) is 35.6 Å². The van der Waals surface area contributed by atoms with E-state index in [0.29, 0.717) is 35.4 Å². The number of alkyl halides is 1. The van der Waals surface area contributed by atoms with Gasteiger partial charge in [-0.25, -0.2) is 0 Å². The van der Waals surface area contributed by atoms with Crippen LogP contribution in [0.5, 0.6) is 17.2 Å². The van der Waals surface area contributed by atoms with E-state index < -0.39 is 11.9 Å². The molecule has 0 aromatic heterocycles. The summed E-state index contributed by atoms with van der Waals surface area (Å²) in [6, 6.07) is 9.32. The average Bonchev–Trinajstić information content (AvgIpc) is 2.80. The number of aryl methyl sites for hydroxylation is 1. The largest absolute Gasteiger partial charge is 0.497 e. The zero-order valence-electron chi connectivity index (χ0n) is 18.8. The minimum Gasteiger partial charge on any atom is -0.497 e. The first-order valence-electron chi connectivity index (χ1n) is 10.2. The van der Waals surface area contributed by atoms with E-state index in [-0.39, 0.29) is 19.0 Å². The van der Waals surface area contributed by atoms with Gasteiger partial charge in [0.1, 0.15) is 12.4 Å². The van der Waals surface area contributed by atoms with Crippen molar-refractivity contribution in [1.29, 1.82) is 0 Å². The Balaban J connectivity index is 2.31. The second-order valence-electron chi connectivity index (χ2n) is 7.35. The highest BCUT2D eigenvalue weighted by atomic mass is 79.9. The molecule has 0 radical (unpaired) electrons. The fraction of sp³-hybridized carbons (Fsp3) is 0.417. The zero-order chi connectivity index (χ0) is 23.7. The van der Waals surface area contributed by atoms with Crippen LogP contribution in [-0.2, 0) is 39.1 Å². The van der Waals surface area contributed by atoms with E-state index in [1.165, 1.54) is 7.11 Å². The van der Waals surface area contributed by atoms with Gasteiger partial charge < -0.3 is 24.1 Å². The van der Waals surface area contributed by atoms with Crippen molar-refractivity contribution in [1.82, 2.24) is 0 Å². The molecule has 0 fully saturated rings. The van der Waals surface area contributed by atoms with Gasteiger partial charge >= 0.3 is 11.9 Å². The Labute approximate surface area is 196 Å². The molecule has 1 N–H and O–H groups in total. The number of carbonyl (C=O) groups is 2. The summed E-state index contributed by atoms with van der Waals surface area (Å²) in [6.07, 6.45) is 1.15. The molecule has 0 aliphatic carbocycles. The highest BCUT2D eigenvalue weighted by molar-refractivity contribution is 9.08. The minimum absolute atomic E-state index is 0.228. The van der Waals surface area contributed by atoms with Crippen LogP contribution in [0, 0.1) is 5.92 Å². The molecular weight excluding hydrogens is 480 g/mol. The topological polar surface area (TPSA) is 91.3 Å². The molecule has 2 rings (SSSR count). The molecule has 0 amide bonds. The second kappa shape index (κ2) is 12.3. The fourth-order valence-electron chi connectivity index (χ4n) is 3.25. The highest BCUT2D eigenvalue weighted by Crippen LogP contribution is 2.34. The molecule has 1 atom stereocenters. The van der Waals surface area contributed by atoms with Gasteiger partial charge in [-0.1, -0.05) is 28.9 Å². The van der Waals surface area contributed by atoms with Crippen LogP contribution in [-0.4, -0.2) is 38.4 Å². The number of halogens is 1. The predicted octanol–water partition coefficient (Wildman–Crippen LogP) is 4.55. The Hall–Kier alpha value is -2.74. The van der Waals surface area contributed by atoms with Gasteiger partial charge in [-0.15, -0.1) is 0 Å². The van der Waals surface area contributed by atoms with Gasteiger partial charge in [-0.3, -0.25) is 9.59 Å². The Morgan fingerprint density at radius 2 is 1.69 bits per heavy atom. The molecule has 0 aliphatic rings. The first-order valence-corrected chi connectivity index (χ1v) is 11.3. The van der Waals surface area contributed by atoms with Gasteiger partial charge in [0, 0.05) is 11.8 Å². The number of benzene rings is 2. The van der Waals surface area contributed by atoms with Crippen molar-refractivity contribution in [3.05, 3.63) is 52.6 Å². The van der Waals surface area contributed by atoms with Gasteiger partial charge in [0.05, 0.1) is 27.2 Å². The molecule has 0 saturated heterocycles. The maximum absolute atomic E-state index is 11.6. The second-order valence-corrected chi connectivity index (χ2v) is 7.91. The van der Waals surface area contributed by atoms with Crippen molar-refractivity contribution in [2.75, 3.05) is 21.3 Å². The lowest BCUT2D eigenvalue weighted by molar-refractivity contribution is -0.141. The number of rotatable bonds is 12. The summed E-state index contributed by atoms with van der Waals surface area (Å²) >= 11 is 3.46. The first kappa shape index (κ1) is 25.5. The third-order valence-electron chi connectivity index (χ3n) is 5.20. The number of hydrogen-bond donors (Lipinski definition) is 1. The number of aliphatic carboxylic acids is 1. The Bertz CT molecular complexity index is 942. The van der Waals surface area contributed by atoms with Crippen LogP contribution in [0.3, 0.4) is 0 Å². The fourth-order valence-corrected chi connectivity index (χ4v) is 3.77. The van der Waals surface area contributed by atoms with Crippen LogP contribution in [0.15, 0.2) is 30.3 Å². The summed E-state index contributed by atoms with van der Waals surface area (Å²) in [5.74, 6) is 0.101. The minimum atomic E-state index is -0.851. The molecule has 0 saturated carbocycles. The number of carboxylic acid groups (broad SMARTS) is 1. The molecule has 0 heterocycles. The van der Waals surface area contributed by atoms with E-state index in [1.54, 1.807) is 21.1 Å². The molecule has 7 nitrogen and oxygen atoms in total. The monoisotopic (exact) mass is 508 g/mol. The molecule has 174 valence electrons. The molecule has 2 aromatic rings. The van der Waals surface area contributed by atoms with Gasteiger partial charge in [0.2, 0.25) is 0 Å². The maximum Gasteiger partial charge on any atom is 0.306 e.